The summed E-state index contributed by atoms with van der Waals surface area (Å²) >= 11 is 0. The van der Waals surface area contributed by atoms with Gasteiger partial charge in [0.15, 0.2) is 34.4 Å². The fourth-order valence-electron chi connectivity index (χ4n) is 6.27. The van der Waals surface area contributed by atoms with E-state index < -0.39 is 42.0 Å². The summed E-state index contributed by atoms with van der Waals surface area (Å²) < 4.78 is 4.41. The third-order valence-electron chi connectivity index (χ3n) is 9.59. The zero-order valence-corrected chi connectivity index (χ0v) is 34.3. The molecule has 63 heavy (non-hydrogen) atoms. The van der Waals surface area contributed by atoms with E-state index >= 15 is 0 Å². The number of nitrogens with two attached hydrogens (primary N) is 3. The van der Waals surface area contributed by atoms with Crippen molar-refractivity contribution < 1.29 is 28.8 Å². The summed E-state index contributed by atoms with van der Waals surface area (Å²) in [7, 11) is 3.13. The number of fused-ring (bicyclic) bond motifs is 3. The molecule has 28 heteroatoms. The van der Waals surface area contributed by atoms with Gasteiger partial charge in [0, 0.05) is 46.3 Å². The van der Waals surface area contributed by atoms with Crippen molar-refractivity contribution >= 4 is 86.4 Å². The molecule has 0 radical (unpaired) electrons. The van der Waals surface area contributed by atoms with Gasteiger partial charge in [-0.25, -0.2) is 44.9 Å². The average Bonchev–Trinajstić information content (AvgIpc) is 4.00. The predicted octanol–water partition coefficient (Wildman–Crippen LogP) is -5.06. The van der Waals surface area contributed by atoms with Gasteiger partial charge >= 0.3 is 0 Å². The van der Waals surface area contributed by atoms with Crippen molar-refractivity contribution in [3.8, 4) is 0 Å². The molecule has 0 saturated heterocycles. The Hall–Kier alpha value is -8.17. The number of rotatable bonds is 21. The number of nitrogen functional groups attached to an aromatic ring is 3. The van der Waals surface area contributed by atoms with Gasteiger partial charge in [-0.05, 0) is 7.05 Å². The van der Waals surface area contributed by atoms with Gasteiger partial charge < -0.3 is 66.9 Å². The minimum absolute atomic E-state index is 0.0739. The molecule has 0 aromatic carbocycles. The number of anilines is 3. The van der Waals surface area contributed by atoms with Crippen molar-refractivity contribution in [1.82, 2.24) is 94.5 Å². The van der Waals surface area contributed by atoms with Gasteiger partial charge in [0.1, 0.15) is 55.2 Å². The summed E-state index contributed by atoms with van der Waals surface area (Å²) in [4.78, 5) is 120. The number of hydrogen-bond donors (Lipinski definition) is 7. The SMILES string of the molecule is CNCCN(CC(=O)NCCN(CC(=O)NCCN(CC(=O)NC)C(=O)Cn1cnc2c(N)ncnc21)C(=O)Cn1cnc2c(N)ncnc21)C(=O)Cn1cnc2c(N)ncnc21. The summed E-state index contributed by atoms with van der Waals surface area (Å²) in [6.45, 7) is -1.59. The van der Waals surface area contributed by atoms with Gasteiger partial charge in [-0.3, -0.25) is 28.8 Å². The van der Waals surface area contributed by atoms with Crippen LogP contribution in [-0.2, 0) is 48.4 Å². The fourth-order valence-corrected chi connectivity index (χ4v) is 6.27. The molecular formula is C35H46N22O6. The molecule has 0 unspecified atom stereocenters. The number of aromatic nitrogens is 12. The Bertz CT molecular complexity index is 2620. The monoisotopic (exact) mass is 870 g/mol. The molecule has 28 nitrogen and oxygen atoms in total. The maximum Gasteiger partial charge on any atom is 0.243 e. The van der Waals surface area contributed by atoms with Gasteiger partial charge in [0.25, 0.3) is 0 Å². The molecule has 0 aliphatic heterocycles. The number of hydrogen-bond acceptors (Lipinski definition) is 19. The maximum atomic E-state index is 13.8. The van der Waals surface area contributed by atoms with E-state index in [0.29, 0.717) is 34.5 Å². The molecule has 6 rings (SSSR count). The molecule has 0 atom stereocenters. The maximum absolute atomic E-state index is 13.8. The highest BCUT2D eigenvalue weighted by Gasteiger charge is 2.24. The third-order valence-corrected chi connectivity index (χ3v) is 9.59. The van der Waals surface area contributed by atoms with E-state index in [0.717, 1.165) is 0 Å². The van der Waals surface area contributed by atoms with Crippen LogP contribution in [-0.4, -0.2) is 182 Å². The van der Waals surface area contributed by atoms with Crippen molar-refractivity contribution in [2.75, 3.05) is 90.2 Å². The Morgan fingerprint density at radius 1 is 0.492 bits per heavy atom. The summed E-state index contributed by atoms with van der Waals surface area (Å²) in [5.41, 5.74) is 19.6. The minimum Gasteiger partial charge on any atom is -0.382 e. The molecule has 0 spiro atoms. The lowest BCUT2D eigenvalue weighted by Gasteiger charge is -2.25. The van der Waals surface area contributed by atoms with Crippen LogP contribution in [0, 0.1) is 0 Å². The molecule has 0 aliphatic rings. The number of amides is 6. The molecule has 6 amide bonds. The predicted molar refractivity (Wildman–Crippen MR) is 223 cm³/mol. The van der Waals surface area contributed by atoms with E-state index in [1.54, 1.807) is 7.05 Å². The summed E-state index contributed by atoms with van der Waals surface area (Å²) in [5, 5.41) is 10.9. The van der Waals surface area contributed by atoms with E-state index in [-0.39, 0.29) is 88.4 Å². The summed E-state index contributed by atoms with van der Waals surface area (Å²) in [5.74, 6) is -2.56. The second-order valence-electron chi connectivity index (χ2n) is 13.8. The molecule has 0 aliphatic carbocycles. The first-order chi connectivity index (χ1) is 30.4. The zero-order valence-electron chi connectivity index (χ0n) is 34.3. The zero-order chi connectivity index (χ0) is 45.0. The van der Waals surface area contributed by atoms with Crippen LogP contribution < -0.4 is 38.5 Å². The third kappa shape index (κ3) is 11.0. The first-order valence-electron chi connectivity index (χ1n) is 19.3. The van der Waals surface area contributed by atoms with Crippen LogP contribution in [0.4, 0.5) is 17.5 Å². The number of carbonyl (C=O) groups is 6. The second kappa shape index (κ2) is 20.4. The molecule has 0 fully saturated rings. The molecule has 6 aromatic heterocycles. The van der Waals surface area contributed by atoms with Gasteiger partial charge in [-0.15, -0.1) is 0 Å². The molecule has 0 bridgehead atoms. The Morgan fingerprint density at radius 3 is 1.16 bits per heavy atom. The van der Waals surface area contributed by atoms with Crippen LogP contribution >= 0.6 is 0 Å². The number of nitrogens with one attached hydrogen (secondary N) is 4. The Morgan fingerprint density at radius 2 is 0.825 bits per heavy atom. The van der Waals surface area contributed by atoms with Gasteiger partial charge in [0.2, 0.25) is 35.4 Å². The quantitative estimate of drug-likeness (QED) is 0.0356. The molecule has 0 saturated carbocycles. The number of likely N-dealkylation sites (N-methyl/N-ethyl adjacent to an activating group) is 2. The summed E-state index contributed by atoms with van der Waals surface area (Å²) in [6.07, 6.45) is 7.90. The second-order valence-corrected chi connectivity index (χ2v) is 13.8. The standard InChI is InChI=1S/C35H46N22O6/c1-39-3-6-52(24(61)12-55-18-49-27-30(36)43-15-46-33(27)55)10-22(59)42-5-8-54(26(63)14-57-20-51-29-32(38)45-17-48-35(29)57)11-23(60)41-4-7-53(9-21(58)40-2)25(62)13-56-19-50-28-31(37)44-16-47-34(28)56/h15-20,39H,3-14H2,1-2H3,(H,40,58)(H,41,60)(H,42,59)(H2,36,43,46)(H2,37,44,47)(H2,38,45,48). The topological polar surface area (TPSA) is 369 Å². The van der Waals surface area contributed by atoms with Crippen molar-refractivity contribution in [1.29, 1.82) is 0 Å². The van der Waals surface area contributed by atoms with Gasteiger partial charge in [0.05, 0.1) is 38.6 Å². The van der Waals surface area contributed by atoms with Crippen LogP contribution in [0.25, 0.3) is 33.5 Å². The molecular weight excluding hydrogens is 825 g/mol. The van der Waals surface area contributed by atoms with E-state index in [1.165, 1.54) is 73.4 Å². The van der Waals surface area contributed by atoms with Crippen molar-refractivity contribution in [3.63, 3.8) is 0 Å². The Labute approximate surface area is 357 Å². The van der Waals surface area contributed by atoms with Gasteiger partial charge in [-0.2, -0.15) is 0 Å². The lowest BCUT2D eigenvalue weighted by Crippen LogP contribution is -2.49. The minimum atomic E-state index is -0.597. The molecule has 10 N–H and O–H groups in total. The van der Waals surface area contributed by atoms with Gasteiger partial charge in [-0.1, -0.05) is 0 Å². The van der Waals surface area contributed by atoms with Crippen LogP contribution in [0.1, 0.15) is 0 Å². The fraction of sp³-hybridized carbons (Fsp3) is 0.400. The highest BCUT2D eigenvalue weighted by atomic mass is 16.2. The van der Waals surface area contributed by atoms with Crippen LogP contribution in [0.2, 0.25) is 0 Å². The van der Waals surface area contributed by atoms with Crippen LogP contribution in [0.5, 0.6) is 0 Å². The lowest BCUT2D eigenvalue weighted by molar-refractivity contribution is -0.137. The Kier molecular flexibility index (Phi) is 14.4. The smallest absolute Gasteiger partial charge is 0.243 e. The largest absolute Gasteiger partial charge is 0.382 e. The first-order valence-corrected chi connectivity index (χ1v) is 19.3. The van der Waals surface area contributed by atoms with Crippen molar-refractivity contribution in [3.05, 3.63) is 38.0 Å². The number of imidazole rings is 3. The lowest BCUT2D eigenvalue weighted by atomic mass is 10.3. The average molecular weight is 871 g/mol. The first kappa shape index (κ1) is 44.4. The molecule has 6 aromatic rings. The molecule has 6 heterocycles. The van der Waals surface area contributed by atoms with E-state index in [9.17, 15) is 28.8 Å². The van der Waals surface area contributed by atoms with Crippen LogP contribution in [0.15, 0.2) is 38.0 Å². The highest BCUT2D eigenvalue weighted by molar-refractivity contribution is 5.89. The van der Waals surface area contributed by atoms with E-state index in [2.05, 4.69) is 66.1 Å². The van der Waals surface area contributed by atoms with Crippen molar-refractivity contribution in [2.45, 2.75) is 19.6 Å². The highest BCUT2D eigenvalue weighted by Crippen LogP contribution is 2.16. The summed E-state index contributed by atoms with van der Waals surface area (Å²) in [6, 6.07) is 0. The van der Waals surface area contributed by atoms with E-state index in [4.69, 9.17) is 17.2 Å². The van der Waals surface area contributed by atoms with Crippen molar-refractivity contribution in [2.24, 2.45) is 0 Å². The molecule has 332 valence electrons. The van der Waals surface area contributed by atoms with E-state index in [1.807, 2.05) is 0 Å². The Balaban J connectivity index is 1.08. The normalized spacial score (nSPS) is 11.1. The number of nitrogens with zero attached hydrogens (tertiary/aromatic N) is 15. The van der Waals surface area contributed by atoms with Crippen LogP contribution in [0.3, 0.4) is 0 Å². The number of carbonyl (C=O) groups excluding carboxylic acids is 6.